The van der Waals surface area contributed by atoms with Crippen LogP contribution in [0, 0.1) is 5.92 Å². The number of nitrogen functional groups attached to an aromatic ring is 1. The topological polar surface area (TPSA) is 85.1 Å². The minimum atomic E-state index is -4.62. The van der Waals surface area contributed by atoms with Gasteiger partial charge in [0, 0.05) is 18.7 Å². The van der Waals surface area contributed by atoms with Gasteiger partial charge in [-0.05, 0) is 12.3 Å². The monoisotopic (exact) mass is 291 g/mol. The Labute approximate surface area is 113 Å². The van der Waals surface area contributed by atoms with Gasteiger partial charge in [0.1, 0.15) is 11.6 Å². The highest BCUT2D eigenvalue weighted by Gasteiger charge is 2.35. The lowest BCUT2D eigenvalue weighted by molar-refractivity contribution is -0.144. The van der Waals surface area contributed by atoms with Gasteiger partial charge in [-0.25, -0.2) is 15.8 Å². The van der Waals surface area contributed by atoms with E-state index in [0.29, 0.717) is 19.6 Å². The molecule has 0 amide bonds. The molecule has 1 saturated heterocycles. The molecular formula is C11H16F3N5O. The van der Waals surface area contributed by atoms with Crippen molar-refractivity contribution in [2.45, 2.75) is 25.6 Å². The average molecular weight is 291 g/mol. The second-order valence-electron chi connectivity index (χ2n) is 4.70. The van der Waals surface area contributed by atoms with Gasteiger partial charge in [0.2, 0.25) is 5.82 Å². The molecule has 0 aliphatic carbocycles. The lowest BCUT2D eigenvalue weighted by atomic mass is 9.98. The highest BCUT2D eigenvalue weighted by Crippen LogP contribution is 2.29. The van der Waals surface area contributed by atoms with Gasteiger partial charge >= 0.3 is 6.18 Å². The lowest BCUT2D eigenvalue weighted by Crippen LogP contribution is -2.36. The third-order valence-electron chi connectivity index (χ3n) is 3.10. The molecule has 9 heteroatoms. The van der Waals surface area contributed by atoms with Gasteiger partial charge in [-0.15, -0.1) is 0 Å². The second kappa shape index (κ2) is 5.80. The maximum absolute atomic E-state index is 12.7. The number of rotatable bonds is 3. The van der Waals surface area contributed by atoms with Crippen molar-refractivity contribution in [1.29, 1.82) is 0 Å². The molecule has 1 fully saturated rings. The Morgan fingerprint density at radius 1 is 1.35 bits per heavy atom. The van der Waals surface area contributed by atoms with Gasteiger partial charge in [-0.1, -0.05) is 6.92 Å². The summed E-state index contributed by atoms with van der Waals surface area (Å²) in [6, 6.07) is 1.35. The van der Waals surface area contributed by atoms with Gasteiger partial charge < -0.3 is 15.5 Å². The van der Waals surface area contributed by atoms with E-state index in [0.717, 1.165) is 0 Å². The smallest absolute Gasteiger partial charge is 0.381 e. The van der Waals surface area contributed by atoms with Crippen molar-refractivity contribution in [2.75, 3.05) is 24.0 Å². The standard InChI is InChI=1S/C11H16F3N5O/c1-6-5-20-3-2-7(6)16-8-4-9(19-15)18-10(17-8)11(12,13)14/h4,6-7H,2-3,5,15H2,1H3,(H2,16,17,18,19). The summed E-state index contributed by atoms with van der Waals surface area (Å²) in [6.45, 7) is 3.10. The van der Waals surface area contributed by atoms with Crippen molar-refractivity contribution in [2.24, 2.45) is 11.8 Å². The van der Waals surface area contributed by atoms with Crippen molar-refractivity contribution in [1.82, 2.24) is 9.97 Å². The molecule has 0 aromatic carbocycles. The summed E-state index contributed by atoms with van der Waals surface area (Å²) in [6.07, 6.45) is -3.91. The Balaban J connectivity index is 2.22. The molecule has 1 aliphatic heterocycles. The highest BCUT2D eigenvalue weighted by molar-refractivity contribution is 5.47. The predicted octanol–water partition coefficient (Wildman–Crippen LogP) is 1.62. The first-order valence-electron chi connectivity index (χ1n) is 6.17. The van der Waals surface area contributed by atoms with Crippen molar-refractivity contribution in [3.63, 3.8) is 0 Å². The van der Waals surface area contributed by atoms with Crippen LogP contribution in [0.3, 0.4) is 0 Å². The molecule has 0 saturated carbocycles. The Kier molecular flexibility index (Phi) is 4.29. The number of halogens is 3. The number of anilines is 2. The summed E-state index contributed by atoms with van der Waals surface area (Å²) < 4.78 is 43.4. The minimum Gasteiger partial charge on any atom is -0.381 e. The molecule has 4 N–H and O–H groups in total. The fourth-order valence-corrected chi connectivity index (χ4v) is 2.01. The second-order valence-corrected chi connectivity index (χ2v) is 4.70. The summed E-state index contributed by atoms with van der Waals surface area (Å²) in [4.78, 5) is 6.80. The van der Waals surface area contributed by atoms with E-state index in [-0.39, 0.29) is 23.6 Å². The van der Waals surface area contributed by atoms with Crippen LogP contribution < -0.4 is 16.6 Å². The first kappa shape index (κ1) is 14.8. The normalized spacial score (nSPS) is 23.4. The van der Waals surface area contributed by atoms with Crippen molar-refractivity contribution in [3.05, 3.63) is 11.9 Å². The molecular weight excluding hydrogens is 275 g/mol. The Hall–Kier alpha value is -1.61. The van der Waals surface area contributed by atoms with Gasteiger partial charge in [-0.3, -0.25) is 0 Å². The van der Waals surface area contributed by atoms with Crippen molar-refractivity contribution in [3.8, 4) is 0 Å². The van der Waals surface area contributed by atoms with E-state index in [2.05, 4.69) is 20.7 Å². The summed E-state index contributed by atoms with van der Waals surface area (Å²) in [5.41, 5.74) is 2.11. The fraction of sp³-hybridized carbons (Fsp3) is 0.636. The van der Waals surface area contributed by atoms with E-state index >= 15 is 0 Å². The van der Waals surface area contributed by atoms with Crippen LogP contribution in [-0.4, -0.2) is 29.2 Å². The fourth-order valence-electron chi connectivity index (χ4n) is 2.01. The molecule has 2 atom stereocenters. The number of hydrazine groups is 1. The SMILES string of the molecule is CC1COCCC1Nc1cc(NN)nc(C(F)(F)F)n1. The van der Waals surface area contributed by atoms with Gasteiger partial charge in [0.15, 0.2) is 0 Å². The molecule has 6 nitrogen and oxygen atoms in total. The molecule has 0 radical (unpaired) electrons. The molecule has 1 aromatic rings. The van der Waals surface area contributed by atoms with Crippen molar-refractivity contribution < 1.29 is 17.9 Å². The predicted molar refractivity (Wildman–Crippen MR) is 66.9 cm³/mol. The summed E-state index contributed by atoms with van der Waals surface area (Å²) in [7, 11) is 0. The quantitative estimate of drug-likeness (QED) is 0.579. The van der Waals surface area contributed by atoms with Crippen LogP contribution >= 0.6 is 0 Å². The average Bonchev–Trinajstić information content (AvgIpc) is 2.40. The van der Waals surface area contributed by atoms with Crippen LogP contribution in [0.5, 0.6) is 0 Å². The number of aromatic nitrogens is 2. The maximum Gasteiger partial charge on any atom is 0.451 e. The number of nitrogens with two attached hydrogens (primary N) is 1. The third kappa shape index (κ3) is 3.48. The first-order valence-corrected chi connectivity index (χ1v) is 6.17. The van der Waals surface area contributed by atoms with Crippen LogP contribution in [-0.2, 0) is 10.9 Å². The molecule has 20 heavy (non-hydrogen) atoms. The van der Waals surface area contributed by atoms with Crippen LogP contribution in [0.2, 0.25) is 0 Å². The summed E-state index contributed by atoms with van der Waals surface area (Å²) in [5.74, 6) is 4.10. The molecule has 0 bridgehead atoms. The number of hydrogen-bond donors (Lipinski definition) is 3. The van der Waals surface area contributed by atoms with E-state index in [4.69, 9.17) is 10.6 Å². The molecule has 2 unspecified atom stereocenters. The van der Waals surface area contributed by atoms with Crippen LogP contribution in [0.4, 0.5) is 24.8 Å². The van der Waals surface area contributed by atoms with Gasteiger partial charge in [0.05, 0.1) is 6.61 Å². The zero-order valence-corrected chi connectivity index (χ0v) is 10.9. The van der Waals surface area contributed by atoms with E-state index in [9.17, 15) is 13.2 Å². The number of hydrogen-bond acceptors (Lipinski definition) is 6. The zero-order valence-electron chi connectivity index (χ0n) is 10.9. The van der Waals surface area contributed by atoms with Gasteiger partial charge in [0.25, 0.3) is 0 Å². The van der Waals surface area contributed by atoms with Crippen LogP contribution in [0.25, 0.3) is 0 Å². The van der Waals surface area contributed by atoms with E-state index < -0.39 is 12.0 Å². The zero-order chi connectivity index (χ0) is 14.8. The van der Waals surface area contributed by atoms with E-state index in [1.54, 1.807) is 0 Å². The van der Waals surface area contributed by atoms with Gasteiger partial charge in [-0.2, -0.15) is 13.2 Å². The highest BCUT2D eigenvalue weighted by atomic mass is 19.4. The first-order chi connectivity index (χ1) is 9.40. The van der Waals surface area contributed by atoms with E-state index in [1.807, 2.05) is 6.92 Å². The van der Waals surface area contributed by atoms with Crippen LogP contribution in [0.1, 0.15) is 19.2 Å². The maximum atomic E-state index is 12.7. The minimum absolute atomic E-state index is 0.00496. The Morgan fingerprint density at radius 3 is 2.65 bits per heavy atom. The Bertz CT molecular complexity index is 468. The van der Waals surface area contributed by atoms with Crippen molar-refractivity contribution >= 4 is 11.6 Å². The number of nitrogens with one attached hydrogen (secondary N) is 2. The molecule has 112 valence electrons. The molecule has 1 aromatic heterocycles. The summed E-state index contributed by atoms with van der Waals surface area (Å²) >= 11 is 0. The molecule has 2 rings (SSSR count). The number of alkyl halides is 3. The lowest BCUT2D eigenvalue weighted by Gasteiger charge is -2.30. The summed E-state index contributed by atoms with van der Waals surface area (Å²) in [5, 5.41) is 2.99. The molecule has 2 heterocycles. The number of ether oxygens (including phenoxy) is 1. The molecule has 1 aliphatic rings. The largest absolute Gasteiger partial charge is 0.451 e. The van der Waals surface area contributed by atoms with E-state index in [1.165, 1.54) is 6.07 Å². The van der Waals surface area contributed by atoms with Crippen LogP contribution in [0.15, 0.2) is 6.07 Å². The third-order valence-corrected chi connectivity index (χ3v) is 3.10. The Morgan fingerprint density at radius 2 is 2.05 bits per heavy atom. The molecule has 0 spiro atoms. The number of nitrogens with zero attached hydrogens (tertiary/aromatic N) is 2.